The third-order valence-electron chi connectivity index (χ3n) is 4.11. The van der Waals surface area contributed by atoms with Crippen molar-refractivity contribution in [1.29, 1.82) is 0 Å². The lowest BCUT2D eigenvalue weighted by Crippen LogP contribution is -2.50. The van der Waals surface area contributed by atoms with Crippen LogP contribution < -0.4 is 5.32 Å². The molecule has 2 aromatic heterocycles. The zero-order chi connectivity index (χ0) is 17.6. The Balaban J connectivity index is 1.39. The van der Waals surface area contributed by atoms with E-state index < -0.39 is 0 Å². The quantitative estimate of drug-likeness (QED) is 0.800. The maximum atomic E-state index is 12.3. The van der Waals surface area contributed by atoms with Gasteiger partial charge < -0.3 is 10.2 Å². The summed E-state index contributed by atoms with van der Waals surface area (Å²) < 4.78 is 0.784. The van der Waals surface area contributed by atoms with E-state index in [1.807, 2.05) is 21.7 Å². The van der Waals surface area contributed by atoms with Crippen molar-refractivity contribution in [1.82, 2.24) is 20.1 Å². The molecule has 1 aliphatic heterocycles. The number of amides is 2. The molecule has 2 aromatic rings. The van der Waals surface area contributed by atoms with Gasteiger partial charge in [-0.3, -0.25) is 19.5 Å². The van der Waals surface area contributed by atoms with E-state index in [2.05, 4.69) is 31.1 Å². The highest BCUT2D eigenvalue weighted by molar-refractivity contribution is 9.10. The maximum Gasteiger partial charge on any atom is 0.254 e. The summed E-state index contributed by atoms with van der Waals surface area (Å²) in [6.45, 7) is 4.43. The summed E-state index contributed by atoms with van der Waals surface area (Å²) in [6.07, 6.45) is 3.20. The fraction of sp³-hybridized carbons (Fsp3) is 0.353. The van der Waals surface area contributed by atoms with Crippen LogP contribution in [-0.2, 0) is 0 Å². The van der Waals surface area contributed by atoms with E-state index >= 15 is 0 Å². The predicted molar refractivity (Wildman–Crippen MR) is 101 cm³/mol. The van der Waals surface area contributed by atoms with Crippen molar-refractivity contribution in [3.05, 3.63) is 50.9 Å². The molecule has 132 valence electrons. The number of thiophene rings is 1. The smallest absolute Gasteiger partial charge is 0.254 e. The van der Waals surface area contributed by atoms with Gasteiger partial charge in [-0.15, -0.1) is 0 Å². The first-order valence-electron chi connectivity index (χ1n) is 8.06. The first-order chi connectivity index (χ1) is 12.1. The van der Waals surface area contributed by atoms with Crippen LogP contribution in [0.4, 0.5) is 0 Å². The number of rotatable bonds is 5. The second kappa shape index (κ2) is 8.55. The van der Waals surface area contributed by atoms with Crippen molar-refractivity contribution in [2.45, 2.75) is 0 Å². The van der Waals surface area contributed by atoms with Gasteiger partial charge in [0, 0.05) is 61.5 Å². The average molecular weight is 423 g/mol. The zero-order valence-electron chi connectivity index (χ0n) is 13.7. The highest BCUT2D eigenvalue weighted by Gasteiger charge is 2.22. The molecule has 25 heavy (non-hydrogen) atoms. The van der Waals surface area contributed by atoms with E-state index in [-0.39, 0.29) is 11.8 Å². The number of carbonyl (C=O) groups excluding carboxylic acids is 2. The van der Waals surface area contributed by atoms with Gasteiger partial charge in [0.1, 0.15) is 0 Å². The number of hydrogen-bond acceptors (Lipinski definition) is 5. The molecule has 0 aliphatic carbocycles. The normalized spacial score (nSPS) is 15.2. The minimum absolute atomic E-state index is 0.108. The van der Waals surface area contributed by atoms with Crippen molar-refractivity contribution < 1.29 is 9.59 Å². The fourth-order valence-electron chi connectivity index (χ4n) is 2.71. The summed E-state index contributed by atoms with van der Waals surface area (Å²) in [7, 11) is 0. The first-order valence-corrected chi connectivity index (χ1v) is 9.79. The molecule has 3 rings (SSSR count). The summed E-state index contributed by atoms with van der Waals surface area (Å²) in [5.41, 5.74) is 1.31. The lowest BCUT2D eigenvalue weighted by atomic mass is 10.2. The van der Waals surface area contributed by atoms with E-state index in [9.17, 15) is 9.59 Å². The SMILES string of the molecule is O=C(NCCN1CCN(C(=O)c2ccsc2)CC1)c1cncc(Br)c1. The predicted octanol–water partition coefficient (Wildman–Crippen LogP) is 2.09. The van der Waals surface area contributed by atoms with Crippen LogP contribution in [0, 0.1) is 0 Å². The second-order valence-electron chi connectivity index (χ2n) is 5.79. The van der Waals surface area contributed by atoms with E-state index in [1.165, 1.54) is 11.3 Å². The van der Waals surface area contributed by atoms with Gasteiger partial charge >= 0.3 is 0 Å². The Labute approximate surface area is 159 Å². The average Bonchev–Trinajstić information content (AvgIpc) is 3.16. The Morgan fingerprint density at radius 1 is 1.20 bits per heavy atom. The molecule has 1 aliphatic rings. The largest absolute Gasteiger partial charge is 0.351 e. The molecule has 1 saturated heterocycles. The summed E-state index contributed by atoms with van der Waals surface area (Å²) in [5, 5.41) is 6.72. The Hall–Kier alpha value is -1.77. The van der Waals surface area contributed by atoms with Gasteiger partial charge in [-0.1, -0.05) is 0 Å². The highest BCUT2D eigenvalue weighted by Crippen LogP contribution is 2.12. The van der Waals surface area contributed by atoms with Gasteiger partial charge in [-0.05, 0) is 33.4 Å². The van der Waals surface area contributed by atoms with Crippen LogP contribution in [0.5, 0.6) is 0 Å². The topological polar surface area (TPSA) is 65.5 Å². The number of hydrogen-bond donors (Lipinski definition) is 1. The van der Waals surface area contributed by atoms with Crippen LogP contribution in [0.15, 0.2) is 39.8 Å². The molecular formula is C17H19BrN4O2S. The Morgan fingerprint density at radius 3 is 2.68 bits per heavy atom. The minimum atomic E-state index is -0.125. The molecule has 0 bridgehead atoms. The third kappa shape index (κ3) is 4.87. The Bertz CT molecular complexity index is 730. The highest BCUT2D eigenvalue weighted by atomic mass is 79.9. The Kier molecular flexibility index (Phi) is 6.17. The van der Waals surface area contributed by atoms with Crippen LogP contribution >= 0.6 is 27.3 Å². The number of pyridine rings is 1. The summed E-state index contributed by atoms with van der Waals surface area (Å²) in [6, 6.07) is 3.61. The molecule has 0 unspecified atom stereocenters. The second-order valence-corrected chi connectivity index (χ2v) is 7.49. The van der Waals surface area contributed by atoms with Gasteiger partial charge in [-0.25, -0.2) is 0 Å². The molecule has 2 amide bonds. The molecule has 3 heterocycles. The lowest BCUT2D eigenvalue weighted by Gasteiger charge is -2.34. The summed E-state index contributed by atoms with van der Waals surface area (Å²) in [4.78, 5) is 32.5. The molecule has 0 radical (unpaired) electrons. The monoisotopic (exact) mass is 422 g/mol. The van der Waals surface area contributed by atoms with Crippen molar-refractivity contribution in [3.8, 4) is 0 Å². The van der Waals surface area contributed by atoms with E-state index in [4.69, 9.17) is 0 Å². The van der Waals surface area contributed by atoms with E-state index in [1.54, 1.807) is 18.5 Å². The number of aromatic nitrogens is 1. The lowest BCUT2D eigenvalue weighted by molar-refractivity contribution is 0.0638. The van der Waals surface area contributed by atoms with Crippen LogP contribution in [0.25, 0.3) is 0 Å². The van der Waals surface area contributed by atoms with Gasteiger partial charge in [0.15, 0.2) is 0 Å². The molecule has 1 fully saturated rings. The van der Waals surface area contributed by atoms with Gasteiger partial charge in [0.25, 0.3) is 11.8 Å². The molecule has 6 nitrogen and oxygen atoms in total. The van der Waals surface area contributed by atoms with Crippen LogP contribution in [0.3, 0.4) is 0 Å². The third-order valence-corrected chi connectivity index (χ3v) is 5.23. The molecule has 0 aromatic carbocycles. The van der Waals surface area contributed by atoms with E-state index in [0.29, 0.717) is 12.1 Å². The molecule has 0 atom stereocenters. The van der Waals surface area contributed by atoms with Crippen LogP contribution in [0.1, 0.15) is 20.7 Å². The van der Waals surface area contributed by atoms with Gasteiger partial charge in [-0.2, -0.15) is 11.3 Å². The molecule has 0 spiro atoms. The summed E-state index contributed by atoms with van der Waals surface area (Å²) >= 11 is 4.85. The van der Waals surface area contributed by atoms with E-state index in [0.717, 1.165) is 42.8 Å². The Morgan fingerprint density at radius 2 is 2.00 bits per heavy atom. The fourth-order valence-corrected chi connectivity index (χ4v) is 3.70. The zero-order valence-corrected chi connectivity index (χ0v) is 16.1. The molecule has 8 heteroatoms. The first kappa shape index (κ1) is 18.0. The van der Waals surface area contributed by atoms with Crippen molar-refractivity contribution >= 4 is 39.1 Å². The van der Waals surface area contributed by atoms with Crippen molar-refractivity contribution in [3.63, 3.8) is 0 Å². The number of halogens is 1. The molecule has 0 saturated carbocycles. The number of nitrogens with zero attached hydrogens (tertiary/aromatic N) is 3. The molecule has 1 N–H and O–H groups in total. The number of nitrogens with one attached hydrogen (secondary N) is 1. The van der Waals surface area contributed by atoms with Crippen molar-refractivity contribution in [2.24, 2.45) is 0 Å². The van der Waals surface area contributed by atoms with Crippen molar-refractivity contribution in [2.75, 3.05) is 39.3 Å². The minimum Gasteiger partial charge on any atom is -0.351 e. The number of piperazine rings is 1. The van der Waals surface area contributed by atoms with Crippen LogP contribution in [0.2, 0.25) is 0 Å². The standard InChI is InChI=1S/C17H19BrN4O2S/c18-15-9-14(10-19-11-15)16(23)20-2-3-21-4-6-22(7-5-21)17(24)13-1-8-25-12-13/h1,8-12H,2-7H2,(H,20,23). The van der Waals surface area contributed by atoms with Gasteiger partial charge in [0.2, 0.25) is 0 Å². The maximum absolute atomic E-state index is 12.3. The van der Waals surface area contributed by atoms with Crippen LogP contribution in [-0.4, -0.2) is 65.9 Å². The van der Waals surface area contributed by atoms with Gasteiger partial charge in [0.05, 0.1) is 11.1 Å². The number of carbonyl (C=O) groups is 2. The summed E-state index contributed by atoms with van der Waals surface area (Å²) in [5.74, 6) is -0.0172. The molecular weight excluding hydrogens is 404 g/mol.